The maximum absolute atomic E-state index is 13.3. The van der Waals surface area contributed by atoms with Crippen LogP contribution >= 0.6 is 0 Å². The number of amides is 2. The third-order valence-electron chi connectivity index (χ3n) is 5.17. The second kappa shape index (κ2) is 8.50. The molecule has 3 heterocycles. The van der Waals surface area contributed by atoms with Crippen molar-refractivity contribution < 1.29 is 23.3 Å². The summed E-state index contributed by atoms with van der Waals surface area (Å²) >= 11 is 0. The molecule has 0 aliphatic carbocycles. The van der Waals surface area contributed by atoms with Crippen molar-refractivity contribution in [2.24, 2.45) is 0 Å². The van der Waals surface area contributed by atoms with E-state index in [2.05, 4.69) is 22.4 Å². The smallest absolute Gasteiger partial charge is 0.285 e. The van der Waals surface area contributed by atoms with Gasteiger partial charge in [-0.3, -0.25) is 14.5 Å². The van der Waals surface area contributed by atoms with Gasteiger partial charge in [-0.25, -0.2) is 0 Å². The molecule has 4 rings (SSSR count). The van der Waals surface area contributed by atoms with Crippen molar-refractivity contribution in [3.63, 3.8) is 0 Å². The van der Waals surface area contributed by atoms with Gasteiger partial charge in [-0.1, -0.05) is 19.1 Å². The molecule has 0 saturated heterocycles. The van der Waals surface area contributed by atoms with Crippen LogP contribution < -0.4 is 15.1 Å². The molecule has 0 radical (unpaired) electrons. The van der Waals surface area contributed by atoms with Crippen LogP contribution in [0.25, 0.3) is 11.7 Å². The van der Waals surface area contributed by atoms with Gasteiger partial charge in [-0.15, -0.1) is 10.2 Å². The molecule has 0 spiro atoms. The Labute approximate surface area is 173 Å². The van der Waals surface area contributed by atoms with Crippen LogP contribution in [0.2, 0.25) is 0 Å². The standard InChI is InChI=1S/C21H23N5O4/c1-3-10-25(13-19-23-24-20(30-19)17-9-6-11-29-17)14(2)21(28)26-12-18(27)22-15-7-4-5-8-16(15)26/h4-9,11,14H,3,10,12-13H2,1-2H3,(H,22,27)/p+1/t14-/m1/s1. The highest BCUT2D eigenvalue weighted by atomic mass is 16.4. The number of carbonyl (C=O) groups is 2. The third-order valence-corrected chi connectivity index (χ3v) is 5.17. The minimum Gasteiger partial charge on any atom is -0.459 e. The monoisotopic (exact) mass is 410 g/mol. The lowest BCUT2D eigenvalue weighted by molar-refractivity contribution is -0.929. The van der Waals surface area contributed by atoms with Crippen molar-refractivity contribution in [1.82, 2.24) is 10.2 Å². The van der Waals surface area contributed by atoms with E-state index >= 15 is 0 Å². The van der Waals surface area contributed by atoms with E-state index in [-0.39, 0.29) is 18.4 Å². The van der Waals surface area contributed by atoms with Crippen molar-refractivity contribution >= 4 is 23.2 Å². The molecule has 1 unspecified atom stereocenters. The number of anilines is 2. The summed E-state index contributed by atoms with van der Waals surface area (Å²) < 4.78 is 11.0. The Morgan fingerprint density at radius 3 is 2.87 bits per heavy atom. The van der Waals surface area contributed by atoms with E-state index in [9.17, 15) is 9.59 Å². The van der Waals surface area contributed by atoms with Gasteiger partial charge < -0.3 is 19.1 Å². The summed E-state index contributed by atoms with van der Waals surface area (Å²) in [6.07, 6.45) is 2.42. The number of benzene rings is 1. The average Bonchev–Trinajstić information content (AvgIpc) is 3.43. The van der Waals surface area contributed by atoms with Crippen LogP contribution in [0.4, 0.5) is 11.4 Å². The summed E-state index contributed by atoms with van der Waals surface area (Å²) in [7, 11) is 0. The number of rotatable bonds is 7. The van der Waals surface area contributed by atoms with Crippen LogP contribution in [0.3, 0.4) is 0 Å². The van der Waals surface area contributed by atoms with Gasteiger partial charge in [0.15, 0.2) is 18.3 Å². The van der Waals surface area contributed by atoms with E-state index in [4.69, 9.17) is 8.83 Å². The quantitative estimate of drug-likeness (QED) is 0.612. The third kappa shape index (κ3) is 3.97. The van der Waals surface area contributed by atoms with E-state index in [0.29, 0.717) is 35.5 Å². The molecule has 2 atom stereocenters. The molecule has 156 valence electrons. The highest BCUT2D eigenvalue weighted by Gasteiger charge is 2.35. The van der Waals surface area contributed by atoms with Gasteiger partial charge >= 0.3 is 0 Å². The first-order chi connectivity index (χ1) is 14.6. The fraction of sp³-hybridized carbons (Fsp3) is 0.333. The van der Waals surface area contributed by atoms with E-state index in [0.717, 1.165) is 17.9 Å². The molecular weight excluding hydrogens is 386 g/mol. The highest BCUT2D eigenvalue weighted by molar-refractivity contribution is 6.10. The first-order valence-electron chi connectivity index (χ1n) is 9.98. The van der Waals surface area contributed by atoms with Crippen LogP contribution in [0.1, 0.15) is 26.2 Å². The Morgan fingerprint density at radius 2 is 2.10 bits per heavy atom. The molecule has 1 aromatic carbocycles. The fourth-order valence-electron chi connectivity index (χ4n) is 3.64. The Hall–Kier alpha value is -3.46. The minimum absolute atomic E-state index is 0.00277. The Kier molecular flexibility index (Phi) is 5.62. The number of quaternary nitrogens is 1. The van der Waals surface area contributed by atoms with Crippen molar-refractivity contribution in [2.45, 2.75) is 32.9 Å². The average molecular weight is 410 g/mol. The zero-order chi connectivity index (χ0) is 21.1. The van der Waals surface area contributed by atoms with Crippen molar-refractivity contribution in [3.05, 3.63) is 48.6 Å². The molecule has 2 aromatic heterocycles. The summed E-state index contributed by atoms with van der Waals surface area (Å²) in [5.41, 5.74) is 1.36. The first kappa shape index (κ1) is 19.8. The van der Waals surface area contributed by atoms with E-state index < -0.39 is 6.04 Å². The Morgan fingerprint density at radius 1 is 1.27 bits per heavy atom. The maximum Gasteiger partial charge on any atom is 0.285 e. The molecule has 0 bridgehead atoms. The molecule has 2 N–H and O–H groups in total. The van der Waals surface area contributed by atoms with Gasteiger partial charge in [0.1, 0.15) is 6.54 Å². The summed E-state index contributed by atoms with van der Waals surface area (Å²) in [5.74, 6) is 0.927. The summed E-state index contributed by atoms with van der Waals surface area (Å²) in [6, 6.07) is 10.4. The second-order valence-electron chi connectivity index (χ2n) is 7.27. The highest BCUT2D eigenvalue weighted by Crippen LogP contribution is 2.29. The first-order valence-corrected chi connectivity index (χ1v) is 9.98. The van der Waals surface area contributed by atoms with Crippen molar-refractivity contribution in [2.75, 3.05) is 23.3 Å². The topological polar surface area (TPSA) is 106 Å². The Balaban J connectivity index is 1.53. The Bertz CT molecular complexity index is 1030. The molecule has 3 aromatic rings. The molecule has 30 heavy (non-hydrogen) atoms. The number of carbonyl (C=O) groups excluding carboxylic acids is 2. The molecular formula is C21H24N5O4+. The van der Waals surface area contributed by atoms with Gasteiger partial charge in [0.05, 0.1) is 24.2 Å². The predicted molar refractivity (Wildman–Crippen MR) is 109 cm³/mol. The SMILES string of the molecule is CCC[NH+](Cc1nnc(-c2ccco2)o1)[C@H](C)C(=O)N1CC(=O)Nc2ccccc21. The summed E-state index contributed by atoms with van der Waals surface area (Å²) in [4.78, 5) is 28.0. The van der Waals surface area contributed by atoms with E-state index in [1.807, 2.05) is 25.1 Å². The van der Waals surface area contributed by atoms with Crippen molar-refractivity contribution in [1.29, 1.82) is 0 Å². The van der Waals surface area contributed by atoms with Gasteiger partial charge in [0, 0.05) is 0 Å². The molecule has 1 aliphatic rings. The molecule has 9 nitrogen and oxygen atoms in total. The van der Waals surface area contributed by atoms with Crippen LogP contribution in [0, 0.1) is 0 Å². The number of aromatic nitrogens is 2. The van der Waals surface area contributed by atoms with Crippen LogP contribution in [-0.4, -0.2) is 41.1 Å². The second-order valence-corrected chi connectivity index (χ2v) is 7.27. The van der Waals surface area contributed by atoms with Crippen molar-refractivity contribution in [3.8, 4) is 11.7 Å². The number of fused-ring (bicyclic) bond motifs is 1. The van der Waals surface area contributed by atoms with E-state index in [1.54, 1.807) is 29.4 Å². The number of hydrogen-bond acceptors (Lipinski definition) is 6. The van der Waals surface area contributed by atoms with E-state index in [1.165, 1.54) is 0 Å². The van der Waals surface area contributed by atoms with Gasteiger partial charge in [-0.05, 0) is 37.6 Å². The minimum atomic E-state index is -0.400. The lowest BCUT2D eigenvalue weighted by Crippen LogP contribution is -3.15. The van der Waals surface area contributed by atoms with Crippen LogP contribution in [-0.2, 0) is 16.1 Å². The molecule has 9 heteroatoms. The maximum atomic E-state index is 13.3. The lowest BCUT2D eigenvalue weighted by Gasteiger charge is -2.33. The summed E-state index contributed by atoms with van der Waals surface area (Å²) in [5, 5.41) is 11.0. The zero-order valence-electron chi connectivity index (χ0n) is 16.9. The van der Waals surface area contributed by atoms with Gasteiger partial charge in [0.25, 0.3) is 17.7 Å². The predicted octanol–water partition coefficient (Wildman–Crippen LogP) is 1.50. The largest absolute Gasteiger partial charge is 0.459 e. The lowest BCUT2D eigenvalue weighted by atomic mass is 10.1. The molecule has 1 aliphatic heterocycles. The number of hydrogen-bond donors (Lipinski definition) is 2. The van der Waals surface area contributed by atoms with Gasteiger partial charge in [-0.2, -0.15) is 0 Å². The zero-order valence-corrected chi connectivity index (χ0v) is 16.9. The van der Waals surface area contributed by atoms with Crippen LogP contribution in [0.5, 0.6) is 0 Å². The number of nitrogens with one attached hydrogen (secondary N) is 2. The molecule has 0 saturated carbocycles. The molecule has 2 amide bonds. The normalized spacial score (nSPS) is 15.4. The van der Waals surface area contributed by atoms with Gasteiger partial charge in [0.2, 0.25) is 5.91 Å². The number of furan rings is 1. The van der Waals surface area contributed by atoms with Crippen LogP contribution in [0.15, 0.2) is 51.5 Å². The summed E-state index contributed by atoms with van der Waals surface area (Å²) in [6.45, 7) is 5.07. The number of para-hydroxylation sites is 2. The molecule has 0 fully saturated rings. The number of nitrogens with zero attached hydrogens (tertiary/aromatic N) is 3. The fourth-order valence-corrected chi connectivity index (χ4v) is 3.64.